The van der Waals surface area contributed by atoms with Crippen molar-refractivity contribution in [3.63, 3.8) is 0 Å². The average Bonchev–Trinajstić information content (AvgIpc) is 0.770. The van der Waals surface area contributed by atoms with E-state index >= 15 is 0 Å². The zero-order valence-corrected chi connectivity index (χ0v) is 82.4. The van der Waals surface area contributed by atoms with Gasteiger partial charge in [-0.3, -0.25) is 0 Å². The highest BCUT2D eigenvalue weighted by atomic mass is 14.9. The molecule has 4 aromatic heterocycles. The molecule has 0 radical (unpaired) electrons. The molecular formula is C119H158N4+4. The molecule has 4 aliphatic carbocycles. The first-order valence-electron chi connectivity index (χ1n) is 47.9. The molecule has 0 amide bonds. The summed E-state index contributed by atoms with van der Waals surface area (Å²) in [5.41, 5.74) is 34.7. The third-order valence-electron chi connectivity index (χ3n) is 30.7. The van der Waals surface area contributed by atoms with Gasteiger partial charge in [-0.1, -0.05) is 217 Å². The fraction of sp³-hybridized carbons (Fsp3) is 0.496. The molecule has 0 atom stereocenters. The van der Waals surface area contributed by atoms with Crippen molar-refractivity contribution >= 4 is 43.1 Å². The Balaban J connectivity index is 0.000000141. The van der Waals surface area contributed by atoms with Crippen LogP contribution in [0.2, 0.25) is 0 Å². The maximum Gasteiger partial charge on any atom is 0.220 e. The minimum atomic E-state index is 0.137. The van der Waals surface area contributed by atoms with Crippen LogP contribution < -0.4 is 18.3 Å². The summed E-state index contributed by atoms with van der Waals surface area (Å²) in [4.78, 5) is 0. The fourth-order valence-corrected chi connectivity index (χ4v) is 21.1. The van der Waals surface area contributed by atoms with Gasteiger partial charge in [-0.2, -0.15) is 0 Å². The molecule has 4 saturated carbocycles. The third kappa shape index (κ3) is 20.8. The van der Waals surface area contributed by atoms with Gasteiger partial charge in [0, 0.05) is 29.8 Å². The molecule has 8 aromatic carbocycles. The number of hydrogen-bond acceptors (Lipinski definition) is 0. The predicted octanol–water partition coefficient (Wildman–Crippen LogP) is 31.9. The van der Waals surface area contributed by atoms with Crippen LogP contribution in [-0.2, 0) is 39.0 Å². The zero-order valence-electron chi connectivity index (χ0n) is 82.4. The van der Waals surface area contributed by atoms with E-state index in [1.54, 1.807) is 0 Å². The van der Waals surface area contributed by atoms with Gasteiger partial charge in [-0.05, 0) is 372 Å². The number of aryl methyl sites for hydroxylation is 7. The Bertz CT molecular complexity index is 5830. The van der Waals surface area contributed by atoms with E-state index in [9.17, 15) is 0 Å². The first kappa shape index (κ1) is 92.1. The maximum atomic E-state index is 2.48. The van der Waals surface area contributed by atoms with E-state index in [-0.39, 0.29) is 10.8 Å². The summed E-state index contributed by atoms with van der Waals surface area (Å²) in [6.07, 6.45) is 30.2. The monoisotopic (exact) mass is 1640 g/mol. The van der Waals surface area contributed by atoms with Crippen molar-refractivity contribution < 1.29 is 18.3 Å². The summed E-state index contributed by atoms with van der Waals surface area (Å²) < 4.78 is 9.22. The molecule has 650 valence electrons. The van der Waals surface area contributed by atoms with Gasteiger partial charge in [0.25, 0.3) is 0 Å². The largest absolute Gasteiger partial charge is 0.220 e. The van der Waals surface area contributed by atoms with Crippen LogP contribution in [0.3, 0.4) is 0 Å². The molecule has 4 nitrogen and oxygen atoms in total. The Hall–Kier alpha value is -8.60. The fourth-order valence-electron chi connectivity index (χ4n) is 21.1. The SMILES string of the molecule is Cc1c(-c2c3ccc(C4CCC(C)(C)CC4)cc3cc[n+]2C)cc(C(C)C)cc1C(C)C.Cc1cc(C(C)(C)C)cc(-c2c3ccc(C4CCC(C)(C)CC4)cc3cc[n+]2C)c1C.Cc1cc(C(C)C)cc(-c2c3ccc(C4CCC(C)(C)CC4)cc3cc[n+]2C)c1C.Cc1ccc(C(C)(C)C)cc1-c1c2ccc(C3CCC(C)(C)CC3)cc2cc[n+]1C. The average molecular weight is 1640 g/mol. The zero-order chi connectivity index (χ0) is 89.1. The van der Waals surface area contributed by atoms with Crippen LogP contribution in [0.4, 0.5) is 0 Å². The van der Waals surface area contributed by atoms with E-state index in [0.29, 0.717) is 63.1 Å². The minimum absolute atomic E-state index is 0.137. The first-order chi connectivity index (χ1) is 57.7. The molecule has 0 N–H and O–H groups in total. The van der Waals surface area contributed by atoms with Crippen molar-refractivity contribution in [2.24, 2.45) is 49.9 Å². The van der Waals surface area contributed by atoms with Crippen LogP contribution >= 0.6 is 0 Å². The Labute approximate surface area is 746 Å². The van der Waals surface area contributed by atoms with Gasteiger partial charge in [0.15, 0.2) is 24.8 Å². The van der Waals surface area contributed by atoms with Gasteiger partial charge in [0.2, 0.25) is 22.8 Å². The summed E-state index contributed by atoms with van der Waals surface area (Å²) in [6.45, 7) is 60.6. The second-order valence-corrected chi connectivity index (χ2v) is 45.5. The summed E-state index contributed by atoms with van der Waals surface area (Å²) in [7, 11) is 8.74. The van der Waals surface area contributed by atoms with E-state index in [0.717, 1.165) is 0 Å². The van der Waals surface area contributed by atoms with Crippen LogP contribution in [0.1, 0.15) is 366 Å². The Morgan fingerprint density at radius 3 is 0.854 bits per heavy atom. The summed E-state index contributed by atoms with van der Waals surface area (Å²) in [6, 6.07) is 59.7. The lowest BCUT2D eigenvalue weighted by Gasteiger charge is -2.34. The Kier molecular flexibility index (Phi) is 27.2. The molecule has 0 unspecified atom stereocenters. The van der Waals surface area contributed by atoms with E-state index in [2.05, 4.69) is 403 Å². The predicted molar refractivity (Wildman–Crippen MR) is 530 cm³/mol. The van der Waals surface area contributed by atoms with Crippen LogP contribution in [0.15, 0.2) is 176 Å². The van der Waals surface area contributed by atoms with Gasteiger partial charge < -0.3 is 0 Å². The number of fused-ring (bicyclic) bond motifs is 4. The number of rotatable bonds is 11. The highest BCUT2D eigenvalue weighted by Gasteiger charge is 2.35. The molecule has 123 heavy (non-hydrogen) atoms. The van der Waals surface area contributed by atoms with Gasteiger partial charge in [0.1, 0.15) is 28.2 Å². The number of nitrogens with zero attached hydrogens (tertiary/aromatic N) is 4. The van der Waals surface area contributed by atoms with Gasteiger partial charge in [0.05, 0.1) is 38.2 Å². The Morgan fingerprint density at radius 1 is 0.276 bits per heavy atom. The number of hydrogen-bond donors (Lipinski definition) is 0. The molecule has 4 heteroatoms. The van der Waals surface area contributed by atoms with Crippen molar-refractivity contribution in [1.82, 2.24) is 0 Å². The quantitative estimate of drug-likeness (QED) is 0.115. The normalized spacial score (nSPS) is 17.2. The molecule has 4 heterocycles. The van der Waals surface area contributed by atoms with Crippen LogP contribution in [-0.4, -0.2) is 0 Å². The summed E-state index contributed by atoms with van der Waals surface area (Å²) in [5.74, 6) is 4.43. The summed E-state index contributed by atoms with van der Waals surface area (Å²) in [5, 5.41) is 10.9. The second kappa shape index (κ2) is 36.4. The Morgan fingerprint density at radius 2 is 0.553 bits per heavy atom. The highest BCUT2D eigenvalue weighted by Crippen LogP contribution is 2.49. The molecule has 12 aromatic rings. The van der Waals surface area contributed by atoms with Crippen LogP contribution in [0.5, 0.6) is 0 Å². The molecule has 0 bridgehead atoms. The van der Waals surface area contributed by atoms with E-state index in [1.807, 2.05) is 0 Å². The van der Waals surface area contributed by atoms with E-state index in [1.165, 1.54) is 274 Å². The molecule has 4 fully saturated rings. The van der Waals surface area contributed by atoms with Gasteiger partial charge in [-0.25, -0.2) is 18.3 Å². The van der Waals surface area contributed by atoms with Crippen LogP contribution in [0, 0.1) is 63.2 Å². The van der Waals surface area contributed by atoms with Crippen molar-refractivity contribution in [3.8, 4) is 45.0 Å². The van der Waals surface area contributed by atoms with Crippen molar-refractivity contribution in [3.05, 3.63) is 260 Å². The van der Waals surface area contributed by atoms with Crippen molar-refractivity contribution in [2.45, 2.75) is 335 Å². The highest BCUT2D eigenvalue weighted by molar-refractivity contribution is 5.98. The van der Waals surface area contributed by atoms with Gasteiger partial charge in [-0.15, -0.1) is 0 Å². The lowest BCUT2D eigenvalue weighted by Crippen LogP contribution is -2.31. The lowest BCUT2D eigenvalue weighted by molar-refractivity contribution is -0.659. The number of benzene rings is 8. The van der Waals surface area contributed by atoms with Crippen molar-refractivity contribution in [2.75, 3.05) is 0 Å². The molecule has 0 aliphatic heterocycles. The lowest BCUT2D eigenvalue weighted by atomic mass is 9.71. The molecule has 16 rings (SSSR count). The number of aromatic nitrogens is 4. The van der Waals surface area contributed by atoms with Gasteiger partial charge >= 0.3 is 0 Å². The van der Waals surface area contributed by atoms with Crippen LogP contribution in [0.25, 0.3) is 88.1 Å². The molecule has 0 spiro atoms. The second-order valence-electron chi connectivity index (χ2n) is 45.5. The first-order valence-corrected chi connectivity index (χ1v) is 47.9. The van der Waals surface area contributed by atoms with Crippen molar-refractivity contribution in [1.29, 1.82) is 0 Å². The number of pyridine rings is 4. The molecule has 0 saturated heterocycles. The maximum absolute atomic E-state index is 2.48. The molecular weight excluding hydrogens is 1490 g/mol. The smallest absolute Gasteiger partial charge is 0.200 e. The standard InChI is InChI=1S/C31H42N.C30H40N.2C29H38N/c1-20(2)26-18-28(21(3)4)22(5)29(19-26)30-27-10-9-24(17-25(27)13-16-32(30)8)23-11-14-31(6,7)15-12-23;1-20-17-25(29(3,4)5)19-27(21(20)2)28-26-10-9-23(18-24(26)13-16-31(28)8)22-11-14-30(6,7)15-12-22;1-20-8-10-24(28(2,3)4)19-26(20)27-25-11-9-22(18-23(25)14-17-30(27)7)21-12-15-29(5,6)16-13-21;1-19(2)25-16-20(3)21(4)27(18-25)28-26-9-8-23(17-24(26)12-15-30(28)7)22-10-13-29(5,6)14-11-22/h9-10,13,16-21,23H,11-12,14-15H2,1-8H3;9-10,13,16-19,22H,11-12,14-15H2,1-8H3;8-11,14,17-19,21H,12-13,15-16H2,1-7H3;8-9,12,15-19,22H,10-11,13-14H2,1-7H3/q4*+1. The van der Waals surface area contributed by atoms with E-state index < -0.39 is 0 Å². The van der Waals surface area contributed by atoms with E-state index in [4.69, 9.17) is 0 Å². The minimum Gasteiger partial charge on any atom is -0.200 e. The summed E-state index contributed by atoms with van der Waals surface area (Å²) >= 11 is 0. The topological polar surface area (TPSA) is 15.5 Å². The third-order valence-corrected chi connectivity index (χ3v) is 30.7. The molecule has 4 aliphatic rings.